The number of amides is 1. The van der Waals surface area contributed by atoms with E-state index in [9.17, 15) is 13.2 Å². The van der Waals surface area contributed by atoms with Crippen LogP contribution in [0.2, 0.25) is 0 Å². The molecule has 0 saturated heterocycles. The number of rotatable bonds is 0. The summed E-state index contributed by atoms with van der Waals surface area (Å²) in [5.41, 5.74) is 1.14. The zero-order valence-corrected chi connectivity index (χ0v) is 28.7. The van der Waals surface area contributed by atoms with Crippen LogP contribution in [0, 0.1) is 22.7 Å². The normalized spacial score (nSPS) is 12.2. The molecule has 0 unspecified atom stereocenters. The van der Waals surface area contributed by atoms with Crippen LogP contribution in [0.3, 0.4) is 0 Å². The molecule has 0 atom stereocenters. The third-order valence-electron chi connectivity index (χ3n) is 6.49. The molecule has 19 heteroatoms. The number of anilines is 2. The quantitative estimate of drug-likeness (QED) is 0.176. The Labute approximate surface area is 301 Å². The van der Waals surface area contributed by atoms with Gasteiger partial charge in [0.05, 0.1) is 21.9 Å². The van der Waals surface area contributed by atoms with Gasteiger partial charge in [0.1, 0.15) is 23.0 Å². The largest absolute Gasteiger partial charge is 0.422 e. The Morgan fingerprint density at radius 3 is 0.962 bits per heavy atom. The van der Waals surface area contributed by atoms with Crippen molar-refractivity contribution >= 4 is 27.1 Å². The van der Waals surface area contributed by atoms with Gasteiger partial charge in [-0.1, -0.05) is 40.8 Å². The summed E-state index contributed by atoms with van der Waals surface area (Å²) in [6.07, 6.45) is 0. The lowest BCUT2D eigenvalue weighted by Crippen LogP contribution is -2.22. The minimum atomic E-state index is -3.87. The smallest absolute Gasteiger partial charge is 0.360 e. The fourth-order valence-corrected chi connectivity index (χ4v) is 5.62. The Morgan fingerprint density at radius 2 is 0.736 bits per heavy atom. The minimum absolute atomic E-state index is 0.0264. The molecule has 0 spiro atoms. The molecular formula is C34H25N11O7S. The summed E-state index contributed by atoms with van der Waals surface area (Å²) < 4.78 is 48.8. The standard InChI is InChI=1S/C30H19N9O7S.2C2H3N/c1-18(40)39-19-2-6-21(7-3-19)43-27-31-35-29(36-32-27)45-23-10-14-25(15-11-23)47(41,42)26-16-12-24(13-17-26)46-30-37-33-28(34-38-30)44-22-8-4-20(39)5-9-22;2*1-2-3/h2-17H,1H3;2*1H3. The maximum Gasteiger partial charge on any atom is 0.360 e. The first-order valence-electron chi connectivity index (χ1n) is 15.1. The van der Waals surface area contributed by atoms with Crippen LogP contribution in [-0.2, 0) is 14.6 Å². The van der Waals surface area contributed by atoms with Crippen LogP contribution in [0.15, 0.2) is 107 Å². The fourth-order valence-electron chi connectivity index (χ4n) is 4.36. The zero-order chi connectivity index (χ0) is 37.8. The van der Waals surface area contributed by atoms with E-state index in [1.54, 1.807) is 60.7 Å². The highest BCUT2D eigenvalue weighted by Crippen LogP contribution is 2.31. The maximum absolute atomic E-state index is 13.2. The summed E-state index contributed by atoms with van der Waals surface area (Å²) >= 11 is 0. The second kappa shape index (κ2) is 16.8. The maximum atomic E-state index is 13.2. The lowest BCUT2D eigenvalue weighted by Gasteiger charge is -2.21. The summed E-state index contributed by atoms with van der Waals surface area (Å²) in [4.78, 5) is 14.2. The van der Waals surface area contributed by atoms with E-state index in [1.807, 2.05) is 0 Å². The van der Waals surface area contributed by atoms with E-state index in [2.05, 4.69) is 40.8 Å². The number of nitrogens with zero attached hydrogens (tertiary/aromatic N) is 11. The highest BCUT2D eigenvalue weighted by Gasteiger charge is 2.19. The van der Waals surface area contributed by atoms with Crippen LogP contribution >= 0.6 is 0 Å². The van der Waals surface area contributed by atoms with Crippen molar-refractivity contribution in [1.29, 1.82) is 10.5 Å². The van der Waals surface area contributed by atoms with E-state index in [0.717, 1.165) is 0 Å². The van der Waals surface area contributed by atoms with Crippen molar-refractivity contribution in [3.05, 3.63) is 97.1 Å². The molecule has 16 rings (SSSR count). The molecule has 12 heterocycles. The molecule has 264 valence electrons. The Balaban J connectivity index is 0.000000847. The number of hydrogen-bond donors (Lipinski definition) is 0. The predicted octanol–water partition coefficient (Wildman–Crippen LogP) is 5.91. The monoisotopic (exact) mass is 731 g/mol. The van der Waals surface area contributed by atoms with E-state index < -0.39 is 9.84 Å². The van der Waals surface area contributed by atoms with Gasteiger partial charge in [0.2, 0.25) is 15.7 Å². The van der Waals surface area contributed by atoms with E-state index in [-0.39, 0.29) is 51.2 Å². The molecule has 12 bridgehead atoms. The van der Waals surface area contributed by atoms with Crippen molar-refractivity contribution in [2.45, 2.75) is 30.6 Å². The van der Waals surface area contributed by atoms with Crippen LogP contribution in [0.5, 0.6) is 47.0 Å². The molecule has 0 radical (unpaired) electrons. The SMILES string of the molecule is CC#N.CC#N.CC(=O)N1c2ccc(cc2)Oc2nnc(nn2)Oc2ccc(cc2)S(=O)(=O)c2ccc(cc2)Oc2nnc(nn2)Oc2ccc1cc2. The number of hydrogen-bond acceptors (Lipinski definition) is 17. The summed E-state index contributed by atoms with van der Waals surface area (Å²) in [5.74, 6) is 1.00. The number of aromatic nitrogens is 8. The molecule has 6 aromatic rings. The molecule has 0 N–H and O–H groups in total. The Hall–Kier alpha value is -7.64. The van der Waals surface area contributed by atoms with Crippen molar-refractivity contribution in [2.75, 3.05) is 4.90 Å². The van der Waals surface area contributed by atoms with E-state index >= 15 is 0 Å². The molecule has 4 aromatic carbocycles. The lowest BCUT2D eigenvalue weighted by atomic mass is 10.2. The molecule has 0 fully saturated rings. The third kappa shape index (κ3) is 9.33. The van der Waals surface area contributed by atoms with Gasteiger partial charge in [-0.15, -0.1) is 0 Å². The van der Waals surface area contributed by atoms with Crippen LogP contribution in [0.4, 0.5) is 11.4 Å². The highest BCUT2D eigenvalue weighted by molar-refractivity contribution is 7.91. The second-order valence-corrected chi connectivity index (χ2v) is 12.0. The number of sulfone groups is 1. The second-order valence-electron chi connectivity index (χ2n) is 10.1. The number of nitriles is 2. The first-order valence-corrected chi connectivity index (χ1v) is 16.6. The Morgan fingerprint density at radius 1 is 0.509 bits per heavy atom. The molecule has 0 aliphatic carbocycles. The van der Waals surface area contributed by atoms with Gasteiger partial charge in [0.25, 0.3) is 0 Å². The van der Waals surface area contributed by atoms with Gasteiger partial charge in [-0.2, -0.15) is 10.5 Å². The summed E-state index contributed by atoms with van der Waals surface area (Å²) in [7, 11) is -3.87. The number of benzene rings is 4. The number of carbonyl (C=O) groups is 1. The van der Waals surface area contributed by atoms with E-state index in [1.165, 1.54) is 74.2 Å². The molecule has 2 aromatic heterocycles. The Kier molecular flexibility index (Phi) is 11.6. The molecule has 1 amide bonds. The molecule has 10 aliphatic rings. The first-order chi connectivity index (χ1) is 25.6. The lowest BCUT2D eigenvalue weighted by molar-refractivity contribution is -0.115. The first kappa shape index (κ1) is 36.6. The summed E-state index contributed by atoms with van der Waals surface area (Å²) in [6, 6.07) is 27.4. The zero-order valence-electron chi connectivity index (χ0n) is 27.9. The van der Waals surface area contributed by atoms with Gasteiger partial charge in [-0.05, 0) is 97.1 Å². The van der Waals surface area contributed by atoms with Gasteiger partial charge in [0.15, 0.2) is 0 Å². The van der Waals surface area contributed by atoms with Crippen molar-refractivity contribution < 1.29 is 32.2 Å². The predicted molar refractivity (Wildman–Crippen MR) is 182 cm³/mol. The topological polar surface area (TPSA) is 242 Å². The van der Waals surface area contributed by atoms with Crippen molar-refractivity contribution in [3.63, 3.8) is 0 Å². The molecule has 53 heavy (non-hydrogen) atoms. The summed E-state index contributed by atoms with van der Waals surface area (Å²) in [5, 5.41) is 45.6. The molecular weight excluding hydrogens is 707 g/mol. The Bertz CT molecular complexity index is 2200. The van der Waals surface area contributed by atoms with E-state index in [0.29, 0.717) is 22.9 Å². The third-order valence-corrected chi connectivity index (χ3v) is 8.28. The number of carbonyl (C=O) groups excluding carboxylic acids is 1. The fraction of sp³-hybridized carbons (Fsp3) is 0.0882. The van der Waals surface area contributed by atoms with Gasteiger partial charge < -0.3 is 18.9 Å². The van der Waals surface area contributed by atoms with Crippen molar-refractivity contribution in [2.24, 2.45) is 0 Å². The van der Waals surface area contributed by atoms with Crippen LogP contribution in [-0.4, -0.2) is 55.1 Å². The van der Waals surface area contributed by atoms with Crippen molar-refractivity contribution in [1.82, 2.24) is 40.8 Å². The van der Waals surface area contributed by atoms with E-state index in [4.69, 9.17) is 29.5 Å². The minimum Gasteiger partial charge on any atom is -0.422 e. The number of ether oxygens (including phenoxy) is 4. The highest BCUT2D eigenvalue weighted by atomic mass is 32.2. The average molecular weight is 732 g/mol. The van der Waals surface area contributed by atoms with Crippen LogP contribution in [0.1, 0.15) is 20.8 Å². The molecule has 10 aliphatic heterocycles. The average Bonchev–Trinajstić information content (AvgIpc) is 3.15. The van der Waals surface area contributed by atoms with Gasteiger partial charge in [-0.25, -0.2) is 8.42 Å². The van der Waals surface area contributed by atoms with Gasteiger partial charge in [0, 0.05) is 32.1 Å². The molecule has 18 nitrogen and oxygen atoms in total. The summed E-state index contributed by atoms with van der Waals surface area (Å²) in [6.45, 7) is 4.30. The molecule has 0 saturated carbocycles. The van der Waals surface area contributed by atoms with Gasteiger partial charge in [-0.3, -0.25) is 9.69 Å². The van der Waals surface area contributed by atoms with Crippen LogP contribution in [0.25, 0.3) is 0 Å². The van der Waals surface area contributed by atoms with Crippen molar-refractivity contribution in [3.8, 4) is 59.2 Å². The van der Waals surface area contributed by atoms with Gasteiger partial charge >= 0.3 is 24.0 Å². The van der Waals surface area contributed by atoms with Crippen LogP contribution < -0.4 is 23.8 Å².